The number of likely N-dealkylation sites (tertiary alicyclic amines) is 1. The van der Waals surface area contributed by atoms with Gasteiger partial charge in [0, 0.05) is 29.6 Å². The summed E-state index contributed by atoms with van der Waals surface area (Å²) in [5, 5.41) is 0.555. The molecule has 1 aliphatic heterocycles. The zero-order valence-corrected chi connectivity index (χ0v) is 12.6. The van der Waals surface area contributed by atoms with Gasteiger partial charge in [0.2, 0.25) is 0 Å². The van der Waals surface area contributed by atoms with Gasteiger partial charge in [0.25, 0.3) is 0 Å². The molecule has 0 amide bonds. The molecule has 1 heterocycles. The van der Waals surface area contributed by atoms with E-state index in [0.717, 1.165) is 25.8 Å². The Labute approximate surface area is 124 Å². The zero-order valence-electron chi connectivity index (χ0n) is 11.9. The van der Waals surface area contributed by atoms with E-state index >= 15 is 0 Å². The van der Waals surface area contributed by atoms with Crippen molar-refractivity contribution in [3.05, 3.63) is 34.6 Å². The maximum Gasteiger partial charge on any atom is 0.131 e. The molecule has 1 unspecified atom stereocenters. The van der Waals surface area contributed by atoms with Gasteiger partial charge >= 0.3 is 0 Å². The Balaban J connectivity index is 2.14. The van der Waals surface area contributed by atoms with Gasteiger partial charge < -0.3 is 0 Å². The van der Waals surface area contributed by atoms with Crippen molar-refractivity contribution < 1.29 is 9.18 Å². The Bertz CT molecular complexity index is 478. The number of hydrogen-bond donors (Lipinski definition) is 0. The lowest BCUT2D eigenvalue weighted by Crippen LogP contribution is -2.35. The third-order valence-corrected chi connectivity index (χ3v) is 4.14. The lowest BCUT2D eigenvalue weighted by molar-refractivity contribution is -0.118. The van der Waals surface area contributed by atoms with Crippen LogP contribution in [0, 0.1) is 5.82 Å². The highest BCUT2D eigenvalue weighted by atomic mass is 35.5. The topological polar surface area (TPSA) is 20.3 Å². The van der Waals surface area contributed by atoms with Gasteiger partial charge in [0.15, 0.2) is 0 Å². The number of rotatable bonds is 4. The molecule has 0 radical (unpaired) electrons. The Morgan fingerprint density at radius 3 is 2.95 bits per heavy atom. The molecule has 20 heavy (non-hydrogen) atoms. The van der Waals surface area contributed by atoms with E-state index in [1.165, 1.54) is 12.5 Å². The second-order valence-electron chi connectivity index (χ2n) is 5.62. The van der Waals surface area contributed by atoms with Crippen LogP contribution in [0.15, 0.2) is 18.2 Å². The Hall–Kier alpha value is -0.930. The molecular formula is C16H21ClFNO. The van der Waals surface area contributed by atoms with Gasteiger partial charge in [-0.25, -0.2) is 4.39 Å². The van der Waals surface area contributed by atoms with Gasteiger partial charge in [-0.2, -0.15) is 0 Å². The maximum atomic E-state index is 13.9. The van der Waals surface area contributed by atoms with Crippen molar-refractivity contribution in [3.63, 3.8) is 0 Å². The fourth-order valence-corrected chi connectivity index (χ4v) is 3.09. The molecule has 1 fully saturated rings. The summed E-state index contributed by atoms with van der Waals surface area (Å²) < 4.78 is 13.9. The van der Waals surface area contributed by atoms with Gasteiger partial charge in [-0.15, -0.1) is 0 Å². The van der Waals surface area contributed by atoms with E-state index in [4.69, 9.17) is 11.6 Å². The zero-order chi connectivity index (χ0) is 14.5. The SMILES string of the molecule is CC(=O)CC1CCCCCN1Cc1cc(Cl)ccc1F. The predicted molar refractivity (Wildman–Crippen MR) is 79.4 cm³/mol. The molecule has 0 bridgehead atoms. The van der Waals surface area contributed by atoms with Gasteiger partial charge in [0.05, 0.1) is 0 Å². The van der Waals surface area contributed by atoms with E-state index in [9.17, 15) is 9.18 Å². The van der Waals surface area contributed by atoms with Crippen molar-refractivity contribution in [3.8, 4) is 0 Å². The molecule has 1 atom stereocenters. The molecular weight excluding hydrogens is 277 g/mol. The van der Waals surface area contributed by atoms with E-state index in [1.807, 2.05) is 0 Å². The van der Waals surface area contributed by atoms with Crippen molar-refractivity contribution in [2.45, 2.75) is 51.6 Å². The molecule has 0 aromatic heterocycles. The first-order chi connectivity index (χ1) is 9.56. The van der Waals surface area contributed by atoms with Crippen molar-refractivity contribution in [2.75, 3.05) is 6.54 Å². The van der Waals surface area contributed by atoms with Crippen molar-refractivity contribution in [1.29, 1.82) is 0 Å². The number of carbonyl (C=O) groups excluding carboxylic acids is 1. The van der Waals surface area contributed by atoms with Crippen LogP contribution in [0.2, 0.25) is 5.02 Å². The largest absolute Gasteiger partial charge is 0.300 e. The fraction of sp³-hybridized carbons (Fsp3) is 0.562. The van der Waals surface area contributed by atoms with Crippen LogP contribution in [0.25, 0.3) is 0 Å². The first-order valence-electron chi connectivity index (χ1n) is 7.23. The Morgan fingerprint density at radius 1 is 1.40 bits per heavy atom. The quantitative estimate of drug-likeness (QED) is 0.830. The first-order valence-corrected chi connectivity index (χ1v) is 7.61. The van der Waals surface area contributed by atoms with E-state index < -0.39 is 0 Å². The Morgan fingerprint density at radius 2 is 2.20 bits per heavy atom. The van der Waals surface area contributed by atoms with Gasteiger partial charge in [-0.05, 0) is 44.5 Å². The molecule has 0 spiro atoms. The molecule has 0 saturated carbocycles. The van der Waals surface area contributed by atoms with Crippen LogP contribution in [0.4, 0.5) is 4.39 Å². The highest BCUT2D eigenvalue weighted by molar-refractivity contribution is 6.30. The minimum atomic E-state index is -0.222. The molecule has 1 aliphatic rings. The number of halogens is 2. The highest BCUT2D eigenvalue weighted by Crippen LogP contribution is 2.24. The molecule has 2 nitrogen and oxygen atoms in total. The Kier molecular flexibility index (Phi) is 5.55. The van der Waals surface area contributed by atoms with Gasteiger partial charge in [0.1, 0.15) is 11.6 Å². The van der Waals surface area contributed by atoms with E-state index in [0.29, 0.717) is 23.6 Å². The van der Waals surface area contributed by atoms with Crippen LogP contribution in [0.3, 0.4) is 0 Å². The summed E-state index contributed by atoms with van der Waals surface area (Å²) in [6.45, 7) is 3.08. The number of carbonyl (C=O) groups is 1. The van der Waals surface area contributed by atoms with Crippen molar-refractivity contribution >= 4 is 17.4 Å². The molecule has 1 aromatic carbocycles. The van der Waals surface area contributed by atoms with Gasteiger partial charge in [-0.1, -0.05) is 24.4 Å². The number of hydrogen-bond acceptors (Lipinski definition) is 2. The number of Topliss-reactive ketones (excluding diaryl/α,β-unsaturated/α-hetero) is 1. The minimum Gasteiger partial charge on any atom is -0.300 e. The van der Waals surface area contributed by atoms with Crippen LogP contribution in [0.1, 0.15) is 44.6 Å². The van der Waals surface area contributed by atoms with Crippen LogP contribution in [0.5, 0.6) is 0 Å². The normalized spacial score (nSPS) is 20.6. The molecule has 1 aromatic rings. The van der Waals surface area contributed by atoms with E-state index in [2.05, 4.69) is 4.90 Å². The summed E-state index contributed by atoms with van der Waals surface area (Å²) in [4.78, 5) is 13.7. The van der Waals surface area contributed by atoms with Crippen LogP contribution < -0.4 is 0 Å². The number of nitrogens with zero attached hydrogens (tertiary/aromatic N) is 1. The highest BCUT2D eigenvalue weighted by Gasteiger charge is 2.23. The third-order valence-electron chi connectivity index (χ3n) is 3.90. The molecule has 0 N–H and O–H groups in total. The van der Waals surface area contributed by atoms with E-state index in [1.54, 1.807) is 19.1 Å². The van der Waals surface area contributed by atoms with Crippen LogP contribution >= 0.6 is 11.6 Å². The van der Waals surface area contributed by atoms with Gasteiger partial charge in [-0.3, -0.25) is 9.69 Å². The number of benzene rings is 1. The summed E-state index contributed by atoms with van der Waals surface area (Å²) >= 11 is 5.95. The molecule has 4 heteroatoms. The lowest BCUT2D eigenvalue weighted by atomic mass is 10.0. The fourth-order valence-electron chi connectivity index (χ4n) is 2.89. The standard InChI is InChI=1S/C16H21ClFNO/c1-12(20)9-15-5-3-2-4-8-19(15)11-13-10-14(17)6-7-16(13)18/h6-7,10,15H,2-5,8-9,11H2,1H3. The van der Waals surface area contributed by atoms with E-state index in [-0.39, 0.29) is 17.6 Å². The average molecular weight is 298 g/mol. The molecule has 110 valence electrons. The summed E-state index contributed by atoms with van der Waals surface area (Å²) in [7, 11) is 0. The maximum absolute atomic E-state index is 13.9. The summed E-state index contributed by atoms with van der Waals surface area (Å²) in [6, 6.07) is 4.89. The smallest absolute Gasteiger partial charge is 0.131 e. The lowest BCUT2D eigenvalue weighted by Gasteiger charge is -2.29. The van der Waals surface area contributed by atoms with Crippen LogP contribution in [-0.2, 0) is 11.3 Å². The average Bonchev–Trinajstić information content (AvgIpc) is 2.59. The summed E-state index contributed by atoms with van der Waals surface area (Å²) in [6.07, 6.45) is 5.01. The minimum absolute atomic E-state index is 0.202. The second kappa shape index (κ2) is 7.19. The van der Waals surface area contributed by atoms with Crippen LogP contribution in [-0.4, -0.2) is 23.3 Å². The molecule has 0 aliphatic carbocycles. The summed E-state index contributed by atoms with van der Waals surface area (Å²) in [5.74, 6) is -0.0197. The molecule has 1 saturated heterocycles. The van der Waals surface area contributed by atoms with Crippen molar-refractivity contribution in [1.82, 2.24) is 4.90 Å². The summed E-state index contributed by atoms with van der Waals surface area (Å²) in [5.41, 5.74) is 0.618. The second-order valence-corrected chi connectivity index (χ2v) is 6.05. The first kappa shape index (κ1) is 15.5. The third kappa shape index (κ3) is 4.29. The molecule has 2 rings (SSSR count). The van der Waals surface area contributed by atoms with Crippen molar-refractivity contribution in [2.24, 2.45) is 0 Å². The number of ketones is 1. The monoisotopic (exact) mass is 297 g/mol. The predicted octanol–water partition coefficient (Wildman–Crippen LogP) is 4.20.